The van der Waals surface area contributed by atoms with Gasteiger partial charge in [-0.05, 0) is 57.8 Å². The van der Waals surface area contributed by atoms with Crippen LogP contribution in [0.25, 0.3) is 0 Å². The summed E-state index contributed by atoms with van der Waals surface area (Å²) < 4.78 is 1.43. The Morgan fingerprint density at radius 1 is 1.43 bits per heavy atom. The van der Waals surface area contributed by atoms with Crippen molar-refractivity contribution >= 4 is 11.6 Å². The van der Waals surface area contributed by atoms with Crippen molar-refractivity contribution in [2.75, 3.05) is 0 Å². The fraction of sp³-hybridized carbons (Fsp3) is 0.750. The van der Waals surface area contributed by atoms with Gasteiger partial charge in [0.25, 0.3) is 0 Å². The van der Waals surface area contributed by atoms with Crippen molar-refractivity contribution in [3.05, 3.63) is 21.5 Å². The minimum Gasteiger partial charge on any atom is -0.352 e. The molecule has 0 aromatic carbocycles. The molecule has 0 saturated heterocycles. The highest BCUT2D eigenvalue weighted by Gasteiger charge is 2.42. The summed E-state index contributed by atoms with van der Waals surface area (Å²) in [6.45, 7) is 5.33. The molecule has 2 aliphatic rings. The van der Waals surface area contributed by atoms with Crippen molar-refractivity contribution in [2.45, 2.75) is 59.0 Å². The van der Waals surface area contributed by atoms with Gasteiger partial charge in [-0.3, -0.25) is 19.6 Å². The zero-order valence-corrected chi connectivity index (χ0v) is 13.9. The number of aryl methyl sites for hydroxylation is 1. The van der Waals surface area contributed by atoms with Gasteiger partial charge in [-0.2, -0.15) is 5.10 Å². The highest BCUT2D eigenvalue weighted by atomic mass is 16.6. The van der Waals surface area contributed by atoms with E-state index in [1.54, 1.807) is 13.8 Å². The van der Waals surface area contributed by atoms with Crippen molar-refractivity contribution in [3.63, 3.8) is 0 Å². The predicted octanol–water partition coefficient (Wildman–Crippen LogP) is 2.35. The number of hydrogen-bond acceptors (Lipinski definition) is 4. The molecular formula is C16H24N4O3. The average Bonchev–Trinajstić information content (AvgIpc) is 3.14. The molecule has 1 aromatic heterocycles. The van der Waals surface area contributed by atoms with Gasteiger partial charge in [-0.25, -0.2) is 0 Å². The minimum absolute atomic E-state index is 0.000971. The first-order valence-corrected chi connectivity index (χ1v) is 8.34. The number of carbonyl (C=O) groups is 1. The number of fused-ring (bicyclic) bond motifs is 2. The zero-order valence-electron chi connectivity index (χ0n) is 13.9. The fourth-order valence-corrected chi connectivity index (χ4v) is 4.55. The van der Waals surface area contributed by atoms with E-state index in [4.69, 9.17) is 0 Å². The monoisotopic (exact) mass is 320 g/mol. The number of aromatic nitrogens is 2. The molecule has 2 fully saturated rings. The van der Waals surface area contributed by atoms with Crippen molar-refractivity contribution in [1.29, 1.82) is 0 Å². The number of carbonyl (C=O) groups excluding carboxylic acids is 1. The molecular weight excluding hydrogens is 296 g/mol. The third-order valence-electron chi connectivity index (χ3n) is 5.64. The number of amides is 1. The Kier molecular flexibility index (Phi) is 4.12. The van der Waals surface area contributed by atoms with Crippen molar-refractivity contribution in [2.24, 2.45) is 17.8 Å². The lowest BCUT2D eigenvalue weighted by molar-refractivity contribution is -0.386. The van der Waals surface area contributed by atoms with Crippen LogP contribution in [0.15, 0.2) is 0 Å². The first-order chi connectivity index (χ1) is 10.9. The van der Waals surface area contributed by atoms with Crippen LogP contribution in [-0.2, 0) is 11.3 Å². The number of nitrogens with one attached hydrogen (secondary N) is 1. The average molecular weight is 320 g/mol. The van der Waals surface area contributed by atoms with Gasteiger partial charge in [0, 0.05) is 6.04 Å². The summed E-state index contributed by atoms with van der Waals surface area (Å²) in [5, 5.41) is 18.2. The van der Waals surface area contributed by atoms with E-state index < -0.39 is 4.92 Å². The molecule has 1 N–H and O–H groups in total. The standard InChI is InChI=1S/C16H24N4O3/c1-9(14-7-12-4-5-13(14)6-12)17-15(21)8-19-11(3)16(20(22)23)10(2)18-19/h9,12-14H,4-8H2,1-3H3,(H,17,21)/t9-,12-,13-,14-/m0/s1. The Bertz CT molecular complexity index is 640. The summed E-state index contributed by atoms with van der Waals surface area (Å²) in [5.74, 6) is 2.06. The largest absolute Gasteiger partial charge is 0.352 e. The molecule has 0 radical (unpaired) electrons. The summed E-state index contributed by atoms with van der Waals surface area (Å²) >= 11 is 0. The smallest absolute Gasteiger partial charge is 0.312 e. The maximum atomic E-state index is 12.3. The third-order valence-corrected chi connectivity index (χ3v) is 5.64. The summed E-state index contributed by atoms with van der Waals surface area (Å²) in [6, 6.07) is 0.157. The maximum Gasteiger partial charge on any atom is 0.312 e. The second kappa shape index (κ2) is 5.94. The molecule has 126 valence electrons. The molecule has 2 saturated carbocycles. The van der Waals surface area contributed by atoms with Gasteiger partial charge in [0.1, 0.15) is 17.9 Å². The van der Waals surface area contributed by atoms with Gasteiger partial charge in [0.15, 0.2) is 0 Å². The molecule has 2 bridgehead atoms. The molecule has 7 heteroatoms. The quantitative estimate of drug-likeness (QED) is 0.666. The summed E-state index contributed by atoms with van der Waals surface area (Å²) in [6.07, 6.45) is 5.17. The molecule has 1 aromatic rings. The van der Waals surface area contributed by atoms with Gasteiger partial charge in [-0.15, -0.1) is 0 Å². The van der Waals surface area contributed by atoms with Gasteiger partial charge >= 0.3 is 5.69 Å². The highest BCUT2D eigenvalue weighted by molar-refractivity contribution is 5.76. The van der Waals surface area contributed by atoms with Gasteiger partial charge < -0.3 is 5.32 Å². The van der Waals surface area contributed by atoms with Crippen LogP contribution in [0.1, 0.15) is 44.0 Å². The third kappa shape index (κ3) is 2.96. The first-order valence-electron chi connectivity index (χ1n) is 8.34. The number of rotatable bonds is 5. The van der Waals surface area contributed by atoms with Crippen LogP contribution < -0.4 is 5.32 Å². The van der Waals surface area contributed by atoms with Crippen molar-refractivity contribution in [1.82, 2.24) is 15.1 Å². The lowest BCUT2D eigenvalue weighted by Crippen LogP contribution is -2.41. The van der Waals surface area contributed by atoms with Crippen LogP contribution >= 0.6 is 0 Å². The SMILES string of the molecule is Cc1nn(CC(=O)N[C@@H](C)[C@@H]2C[C@H]3CC[C@H]2C3)c(C)c1[N+](=O)[O-]. The lowest BCUT2D eigenvalue weighted by atomic mass is 9.84. The van der Waals surface area contributed by atoms with Crippen molar-refractivity contribution < 1.29 is 9.72 Å². The van der Waals surface area contributed by atoms with E-state index in [1.807, 2.05) is 0 Å². The Balaban J connectivity index is 1.61. The number of nitro groups is 1. The summed E-state index contributed by atoms with van der Waals surface area (Å²) in [7, 11) is 0. The van der Waals surface area contributed by atoms with Crippen LogP contribution in [0.2, 0.25) is 0 Å². The van der Waals surface area contributed by atoms with Crippen molar-refractivity contribution in [3.8, 4) is 0 Å². The molecule has 7 nitrogen and oxygen atoms in total. The molecule has 23 heavy (non-hydrogen) atoms. The topological polar surface area (TPSA) is 90.1 Å². The number of hydrogen-bond donors (Lipinski definition) is 1. The highest BCUT2D eigenvalue weighted by Crippen LogP contribution is 2.49. The minimum atomic E-state index is -0.441. The molecule has 2 aliphatic carbocycles. The van der Waals surface area contributed by atoms with Crippen LogP contribution in [-0.4, -0.2) is 26.7 Å². The maximum absolute atomic E-state index is 12.3. The molecule has 0 spiro atoms. The summed E-state index contributed by atoms with van der Waals surface area (Å²) in [5.41, 5.74) is 0.774. The zero-order chi connectivity index (χ0) is 16.7. The second-order valence-corrected chi connectivity index (χ2v) is 7.13. The van der Waals surface area contributed by atoms with E-state index in [0.717, 1.165) is 11.8 Å². The van der Waals surface area contributed by atoms with Crippen LogP contribution in [0.5, 0.6) is 0 Å². The summed E-state index contributed by atoms with van der Waals surface area (Å²) in [4.78, 5) is 22.9. The Labute approximate surface area is 135 Å². The van der Waals surface area contributed by atoms with E-state index in [2.05, 4.69) is 17.3 Å². The Morgan fingerprint density at radius 3 is 2.70 bits per heavy atom. The molecule has 0 aliphatic heterocycles. The molecule has 4 atom stereocenters. The second-order valence-electron chi connectivity index (χ2n) is 7.13. The van der Waals surface area contributed by atoms with Crippen LogP contribution in [0, 0.1) is 41.7 Å². The molecule has 0 unspecified atom stereocenters. The molecule has 3 rings (SSSR count). The van der Waals surface area contributed by atoms with E-state index >= 15 is 0 Å². The van der Waals surface area contributed by atoms with E-state index in [1.165, 1.54) is 30.4 Å². The van der Waals surface area contributed by atoms with Gasteiger partial charge in [0.05, 0.1) is 4.92 Å². The fourth-order valence-electron chi connectivity index (χ4n) is 4.55. The van der Waals surface area contributed by atoms with E-state index in [-0.39, 0.29) is 24.2 Å². The predicted molar refractivity (Wildman–Crippen MR) is 84.9 cm³/mol. The van der Waals surface area contributed by atoms with Gasteiger partial charge in [-0.1, -0.05) is 6.42 Å². The van der Waals surface area contributed by atoms with Crippen LogP contribution in [0.4, 0.5) is 5.69 Å². The van der Waals surface area contributed by atoms with Gasteiger partial charge in [0.2, 0.25) is 5.91 Å². The van der Waals surface area contributed by atoms with E-state index in [0.29, 0.717) is 17.3 Å². The molecule has 1 heterocycles. The van der Waals surface area contributed by atoms with Crippen LogP contribution in [0.3, 0.4) is 0 Å². The Morgan fingerprint density at radius 2 is 2.17 bits per heavy atom. The Hall–Kier alpha value is -1.92. The van der Waals surface area contributed by atoms with E-state index in [9.17, 15) is 14.9 Å². The normalized spacial score (nSPS) is 27.2. The number of nitrogens with zero attached hydrogens (tertiary/aromatic N) is 3. The lowest BCUT2D eigenvalue weighted by Gasteiger charge is -2.28. The molecule has 1 amide bonds. The first kappa shape index (κ1) is 16.0.